The van der Waals surface area contributed by atoms with Gasteiger partial charge in [0.15, 0.2) is 9.84 Å². The van der Waals surface area contributed by atoms with Gasteiger partial charge in [-0.25, -0.2) is 8.42 Å². The SMILES string of the molecule is C=CCC(Cc1ccccc1)(Cc1ccccc1)S(=O)(=O)c1ccccc1. The van der Waals surface area contributed by atoms with Crippen molar-refractivity contribution in [2.45, 2.75) is 28.9 Å². The first-order chi connectivity index (χ1) is 13.1. The number of rotatable bonds is 8. The molecule has 0 bridgehead atoms. The molecule has 0 N–H and O–H groups in total. The van der Waals surface area contributed by atoms with Gasteiger partial charge in [-0.1, -0.05) is 84.9 Å². The van der Waals surface area contributed by atoms with Gasteiger partial charge >= 0.3 is 0 Å². The highest BCUT2D eigenvalue weighted by molar-refractivity contribution is 7.92. The molecular weight excluding hydrogens is 352 g/mol. The Morgan fingerprint density at radius 3 is 1.52 bits per heavy atom. The molecule has 0 aliphatic carbocycles. The highest BCUT2D eigenvalue weighted by atomic mass is 32.2. The number of benzene rings is 3. The summed E-state index contributed by atoms with van der Waals surface area (Å²) < 4.78 is 26.6. The Kier molecular flexibility index (Phi) is 5.92. The summed E-state index contributed by atoms with van der Waals surface area (Å²) in [6, 6.07) is 28.4. The molecule has 138 valence electrons. The molecule has 3 aromatic carbocycles. The summed E-state index contributed by atoms with van der Waals surface area (Å²) in [6.45, 7) is 3.87. The molecule has 0 atom stereocenters. The van der Waals surface area contributed by atoms with Crippen LogP contribution in [-0.4, -0.2) is 13.2 Å². The van der Waals surface area contributed by atoms with Crippen LogP contribution in [-0.2, 0) is 22.7 Å². The van der Waals surface area contributed by atoms with E-state index >= 15 is 0 Å². The number of allylic oxidation sites excluding steroid dienone is 1. The summed E-state index contributed by atoms with van der Waals surface area (Å²) >= 11 is 0. The Morgan fingerprint density at radius 2 is 1.11 bits per heavy atom. The zero-order valence-electron chi connectivity index (χ0n) is 15.3. The number of hydrogen-bond donors (Lipinski definition) is 0. The molecule has 0 saturated carbocycles. The first-order valence-corrected chi connectivity index (χ1v) is 10.5. The molecule has 27 heavy (non-hydrogen) atoms. The quantitative estimate of drug-likeness (QED) is 0.503. The van der Waals surface area contributed by atoms with E-state index in [0.29, 0.717) is 24.2 Å². The molecule has 3 aromatic rings. The maximum Gasteiger partial charge on any atom is 0.185 e. The fraction of sp³-hybridized carbons (Fsp3) is 0.167. The van der Waals surface area contributed by atoms with Gasteiger partial charge in [0, 0.05) is 0 Å². The van der Waals surface area contributed by atoms with Crippen molar-refractivity contribution in [3.63, 3.8) is 0 Å². The smallest absolute Gasteiger partial charge is 0.185 e. The van der Waals surface area contributed by atoms with Crippen molar-refractivity contribution in [2.24, 2.45) is 0 Å². The van der Waals surface area contributed by atoms with Crippen molar-refractivity contribution >= 4 is 9.84 Å². The standard InChI is InChI=1S/C24H24O2S/c1-2-18-24(19-21-12-6-3-7-13-21,20-22-14-8-4-9-15-22)27(25,26)23-16-10-5-11-17-23/h2-17H,1,18-20H2. The van der Waals surface area contributed by atoms with E-state index in [1.54, 1.807) is 30.3 Å². The van der Waals surface area contributed by atoms with Crippen LogP contribution in [0.2, 0.25) is 0 Å². The van der Waals surface area contributed by atoms with E-state index in [0.717, 1.165) is 11.1 Å². The third-order valence-corrected chi connectivity index (χ3v) is 7.37. The lowest BCUT2D eigenvalue weighted by Gasteiger charge is -2.33. The lowest BCUT2D eigenvalue weighted by molar-refractivity contribution is 0.498. The Bertz CT molecular complexity index is 921. The fourth-order valence-electron chi connectivity index (χ4n) is 3.56. The topological polar surface area (TPSA) is 34.1 Å². The van der Waals surface area contributed by atoms with Crippen LogP contribution >= 0.6 is 0 Å². The summed E-state index contributed by atoms with van der Waals surface area (Å²) in [4.78, 5) is 0.360. The first kappa shape index (κ1) is 19.1. The second-order valence-electron chi connectivity index (χ2n) is 6.82. The molecule has 0 aliphatic heterocycles. The van der Waals surface area contributed by atoms with Gasteiger partial charge in [-0.3, -0.25) is 0 Å². The Labute approximate surface area is 162 Å². The van der Waals surface area contributed by atoms with Crippen LogP contribution in [0.25, 0.3) is 0 Å². The summed E-state index contributed by atoms with van der Waals surface area (Å²) in [5, 5.41) is 0. The normalized spacial score (nSPS) is 11.9. The summed E-state index contributed by atoms with van der Waals surface area (Å²) in [5.41, 5.74) is 2.02. The minimum Gasteiger partial charge on any atom is -0.223 e. The van der Waals surface area contributed by atoms with Crippen molar-refractivity contribution in [3.05, 3.63) is 115 Å². The van der Waals surface area contributed by atoms with Crippen LogP contribution in [0.15, 0.2) is 109 Å². The van der Waals surface area contributed by atoms with Gasteiger partial charge in [0.1, 0.15) is 0 Å². The third-order valence-electron chi connectivity index (χ3n) is 4.88. The van der Waals surface area contributed by atoms with Crippen molar-refractivity contribution in [2.75, 3.05) is 0 Å². The highest BCUT2D eigenvalue weighted by Gasteiger charge is 2.43. The van der Waals surface area contributed by atoms with E-state index in [-0.39, 0.29) is 0 Å². The van der Waals surface area contributed by atoms with Gasteiger partial charge in [-0.2, -0.15) is 0 Å². The number of hydrogen-bond acceptors (Lipinski definition) is 2. The first-order valence-electron chi connectivity index (χ1n) is 9.06. The van der Waals surface area contributed by atoms with Crippen LogP contribution in [0.4, 0.5) is 0 Å². The number of sulfone groups is 1. The van der Waals surface area contributed by atoms with E-state index in [4.69, 9.17) is 0 Å². The summed E-state index contributed by atoms with van der Waals surface area (Å²) in [7, 11) is -3.59. The fourth-order valence-corrected chi connectivity index (χ4v) is 5.62. The average Bonchev–Trinajstić information content (AvgIpc) is 2.70. The van der Waals surface area contributed by atoms with E-state index in [2.05, 4.69) is 6.58 Å². The molecule has 0 saturated heterocycles. The largest absolute Gasteiger partial charge is 0.223 e. The van der Waals surface area contributed by atoms with Crippen LogP contribution in [0, 0.1) is 0 Å². The van der Waals surface area contributed by atoms with Crippen LogP contribution < -0.4 is 0 Å². The Balaban J connectivity index is 2.15. The maximum absolute atomic E-state index is 13.8. The zero-order chi connectivity index (χ0) is 19.2. The molecule has 2 nitrogen and oxygen atoms in total. The second-order valence-corrected chi connectivity index (χ2v) is 9.16. The molecule has 0 radical (unpaired) electrons. The molecule has 0 fully saturated rings. The van der Waals surface area contributed by atoms with Crippen molar-refractivity contribution in [1.29, 1.82) is 0 Å². The molecule has 3 rings (SSSR count). The molecular formula is C24H24O2S. The van der Waals surface area contributed by atoms with Gasteiger partial charge in [0.25, 0.3) is 0 Å². The zero-order valence-corrected chi connectivity index (χ0v) is 16.1. The van der Waals surface area contributed by atoms with Crippen molar-refractivity contribution in [3.8, 4) is 0 Å². The van der Waals surface area contributed by atoms with Gasteiger partial charge in [-0.15, -0.1) is 6.58 Å². The maximum atomic E-state index is 13.8. The second kappa shape index (κ2) is 8.36. The van der Waals surface area contributed by atoms with E-state index < -0.39 is 14.6 Å². The minimum atomic E-state index is -3.59. The Morgan fingerprint density at radius 1 is 0.704 bits per heavy atom. The van der Waals surface area contributed by atoms with Crippen molar-refractivity contribution in [1.82, 2.24) is 0 Å². The average molecular weight is 377 g/mol. The van der Waals surface area contributed by atoms with Gasteiger partial charge in [0.05, 0.1) is 9.64 Å². The summed E-state index contributed by atoms with van der Waals surface area (Å²) in [6.07, 6.45) is 2.98. The predicted octanol–water partition coefficient (Wildman–Crippen LogP) is 5.26. The molecule has 0 aromatic heterocycles. The van der Waals surface area contributed by atoms with Gasteiger partial charge in [-0.05, 0) is 42.5 Å². The molecule has 0 amide bonds. The minimum absolute atomic E-state index is 0.360. The van der Waals surface area contributed by atoms with Crippen LogP contribution in [0.3, 0.4) is 0 Å². The lowest BCUT2D eigenvalue weighted by atomic mass is 9.89. The van der Waals surface area contributed by atoms with E-state index in [1.807, 2.05) is 66.7 Å². The molecule has 0 aliphatic rings. The molecule has 3 heteroatoms. The van der Waals surface area contributed by atoms with Crippen molar-refractivity contribution < 1.29 is 8.42 Å². The van der Waals surface area contributed by atoms with Crippen LogP contribution in [0.1, 0.15) is 17.5 Å². The summed E-state index contributed by atoms with van der Waals surface area (Å²) in [5.74, 6) is 0. The van der Waals surface area contributed by atoms with E-state index in [1.165, 1.54) is 0 Å². The third kappa shape index (κ3) is 4.20. The molecule has 0 spiro atoms. The van der Waals surface area contributed by atoms with E-state index in [9.17, 15) is 8.42 Å². The van der Waals surface area contributed by atoms with Gasteiger partial charge in [0.2, 0.25) is 0 Å². The Hall–Kier alpha value is -2.65. The predicted molar refractivity (Wildman–Crippen MR) is 111 cm³/mol. The molecule has 0 heterocycles. The monoisotopic (exact) mass is 376 g/mol. The molecule has 0 unspecified atom stereocenters. The van der Waals surface area contributed by atoms with Crippen LogP contribution in [0.5, 0.6) is 0 Å². The van der Waals surface area contributed by atoms with Gasteiger partial charge < -0.3 is 0 Å². The lowest BCUT2D eigenvalue weighted by Crippen LogP contribution is -2.43. The highest BCUT2D eigenvalue weighted by Crippen LogP contribution is 2.36.